The van der Waals surface area contributed by atoms with Gasteiger partial charge in [-0.25, -0.2) is 9.97 Å². The molecule has 0 aliphatic carbocycles. The van der Waals surface area contributed by atoms with Crippen LogP contribution in [0.3, 0.4) is 0 Å². The lowest BCUT2D eigenvalue weighted by molar-refractivity contribution is 0.0948. The van der Waals surface area contributed by atoms with Gasteiger partial charge in [0.2, 0.25) is 0 Å². The van der Waals surface area contributed by atoms with E-state index in [1.54, 1.807) is 23.1 Å². The minimum atomic E-state index is -0.456. The number of anilines is 2. The molecule has 2 amide bonds. The highest BCUT2D eigenvalue weighted by atomic mass is 16.2. The van der Waals surface area contributed by atoms with Gasteiger partial charge in [0.25, 0.3) is 11.8 Å². The van der Waals surface area contributed by atoms with Gasteiger partial charge in [-0.1, -0.05) is 12.1 Å². The van der Waals surface area contributed by atoms with Crippen LogP contribution < -0.4 is 16.4 Å². The maximum absolute atomic E-state index is 12.5. The van der Waals surface area contributed by atoms with E-state index in [1.165, 1.54) is 25.2 Å². The third-order valence-electron chi connectivity index (χ3n) is 5.28. The average molecular weight is 435 g/mol. The van der Waals surface area contributed by atoms with Crippen molar-refractivity contribution >= 4 is 23.3 Å². The lowest BCUT2D eigenvalue weighted by atomic mass is 10.1. The van der Waals surface area contributed by atoms with Crippen LogP contribution in [0.25, 0.3) is 0 Å². The van der Waals surface area contributed by atoms with Crippen molar-refractivity contribution in [2.45, 2.75) is 19.4 Å². The number of nitrogens with two attached hydrogens (primary N) is 1. The summed E-state index contributed by atoms with van der Waals surface area (Å²) >= 11 is 0. The molecule has 1 aliphatic rings. The molecule has 2 aromatic heterocycles. The Kier molecular flexibility index (Phi) is 6.71. The molecule has 0 saturated carbocycles. The SMILES string of the molecule is Nc1nccnc1C(=O)Nc1cnn(Cc2cccc(C(=O)NCCN3CCCC3)c2)c1. The second kappa shape index (κ2) is 10.0. The van der Waals surface area contributed by atoms with Crippen LogP contribution in [0, 0.1) is 0 Å². The number of carbonyl (C=O) groups is 2. The number of likely N-dealkylation sites (tertiary alicyclic amines) is 1. The first-order valence-electron chi connectivity index (χ1n) is 10.6. The summed E-state index contributed by atoms with van der Waals surface area (Å²) in [5.41, 5.74) is 7.80. The van der Waals surface area contributed by atoms with Crippen molar-refractivity contribution in [1.29, 1.82) is 0 Å². The van der Waals surface area contributed by atoms with Crippen LogP contribution in [0.4, 0.5) is 11.5 Å². The zero-order valence-corrected chi connectivity index (χ0v) is 17.7. The third-order valence-corrected chi connectivity index (χ3v) is 5.28. The number of aromatic nitrogens is 4. The summed E-state index contributed by atoms with van der Waals surface area (Å²) in [5.74, 6) is -0.475. The van der Waals surface area contributed by atoms with Gasteiger partial charge in [-0.3, -0.25) is 14.3 Å². The molecule has 1 aliphatic heterocycles. The molecule has 3 aromatic rings. The molecule has 1 saturated heterocycles. The second-order valence-corrected chi connectivity index (χ2v) is 7.68. The van der Waals surface area contributed by atoms with Gasteiger partial charge in [-0.15, -0.1) is 0 Å². The van der Waals surface area contributed by atoms with Gasteiger partial charge in [0, 0.05) is 37.2 Å². The van der Waals surface area contributed by atoms with E-state index in [9.17, 15) is 9.59 Å². The number of hydrogen-bond acceptors (Lipinski definition) is 7. The van der Waals surface area contributed by atoms with Crippen LogP contribution in [0.5, 0.6) is 0 Å². The normalized spacial score (nSPS) is 13.8. The van der Waals surface area contributed by atoms with Crippen molar-refractivity contribution in [3.05, 3.63) is 65.9 Å². The molecule has 4 N–H and O–H groups in total. The summed E-state index contributed by atoms with van der Waals surface area (Å²) in [4.78, 5) is 35.0. The molecule has 1 fully saturated rings. The fourth-order valence-corrected chi connectivity index (χ4v) is 3.66. The molecule has 10 nitrogen and oxygen atoms in total. The fourth-order valence-electron chi connectivity index (χ4n) is 3.66. The first-order chi connectivity index (χ1) is 15.6. The number of amides is 2. The standard InChI is InChI=1S/C22H26N8O2/c23-20-19(24-6-7-25-20)22(32)28-18-13-27-30(15-18)14-16-4-3-5-17(12-16)21(31)26-8-11-29-9-1-2-10-29/h3-7,12-13,15H,1-2,8-11,14H2,(H2,23,25)(H,26,31)(H,28,32). The number of rotatable bonds is 8. The van der Waals surface area contributed by atoms with E-state index in [1.807, 2.05) is 18.2 Å². The van der Waals surface area contributed by atoms with Gasteiger partial charge in [0.1, 0.15) is 0 Å². The van der Waals surface area contributed by atoms with E-state index < -0.39 is 5.91 Å². The van der Waals surface area contributed by atoms with Crippen LogP contribution in [-0.4, -0.2) is 62.6 Å². The number of carbonyl (C=O) groups excluding carboxylic acids is 2. The summed E-state index contributed by atoms with van der Waals surface area (Å²) in [5, 5.41) is 9.98. The molecule has 166 valence electrons. The number of hydrogen-bond donors (Lipinski definition) is 3. The first-order valence-corrected chi connectivity index (χ1v) is 10.6. The van der Waals surface area contributed by atoms with E-state index in [-0.39, 0.29) is 17.4 Å². The Hall–Kier alpha value is -3.79. The summed E-state index contributed by atoms with van der Waals surface area (Å²) < 4.78 is 1.68. The number of nitrogens with one attached hydrogen (secondary N) is 2. The van der Waals surface area contributed by atoms with Crippen molar-refractivity contribution < 1.29 is 9.59 Å². The van der Waals surface area contributed by atoms with E-state index in [4.69, 9.17) is 5.73 Å². The summed E-state index contributed by atoms with van der Waals surface area (Å²) in [6.45, 7) is 4.21. The average Bonchev–Trinajstić information content (AvgIpc) is 3.46. The molecule has 0 unspecified atom stereocenters. The summed E-state index contributed by atoms with van der Waals surface area (Å²) in [7, 11) is 0. The lowest BCUT2D eigenvalue weighted by Crippen LogP contribution is -2.33. The van der Waals surface area contributed by atoms with E-state index >= 15 is 0 Å². The van der Waals surface area contributed by atoms with E-state index in [2.05, 4.69) is 30.6 Å². The third kappa shape index (κ3) is 5.46. The van der Waals surface area contributed by atoms with E-state index in [0.29, 0.717) is 24.3 Å². The largest absolute Gasteiger partial charge is 0.382 e. The molecule has 0 spiro atoms. The summed E-state index contributed by atoms with van der Waals surface area (Å²) in [6, 6.07) is 7.44. The number of benzene rings is 1. The number of nitrogens with zero attached hydrogens (tertiary/aromatic N) is 5. The van der Waals surface area contributed by atoms with E-state index in [0.717, 1.165) is 25.2 Å². The molecule has 10 heteroatoms. The Morgan fingerprint density at radius 1 is 1.09 bits per heavy atom. The highest BCUT2D eigenvalue weighted by Gasteiger charge is 2.14. The molecular formula is C22H26N8O2. The molecule has 0 atom stereocenters. The fraction of sp³-hybridized carbons (Fsp3) is 0.318. The van der Waals surface area contributed by atoms with Crippen molar-refractivity contribution in [2.75, 3.05) is 37.2 Å². The Balaban J connectivity index is 1.32. The molecule has 4 rings (SSSR count). The smallest absolute Gasteiger partial charge is 0.278 e. The summed E-state index contributed by atoms with van der Waals surface area (Å²) in [6.07, 6.45) is 8.55. The van der Waals surface area contributed by atoms with Crippen molar-refractivity contribution in [3.63, 3.8) is 0 Å². The van der Waals surface area contributed by atoms with Crippen LogP contribution in [0.15, 0.2) is 49.1 Å². The molecule has 1 aromatic carbocycles. The van der Waals surface area contributed by atoms with Crippen LogP contribution in [-0.2, 0) is 6.54 Å². The van der Waals surface area contributed by atoms with Crippen LogP contribution in [0.2, 0.25) is 0 Å². The Labute approximate surface area is 185 Å². The van der Waals surface area contributed by atoms with Crippen LogP contribution >= 0.6 is 0 Å². The Morgan fingerprint density at radius 2 is 1.91 bits per heavy atom. The topological polar surface area (TPSA) is 131 Å². The van der Waals surface area contributed by atoms with Gasteiger partial charge in [0.15, 0.2) is 11.5 Å². The molecule has 32 heavy (non-hydrogen) atoms. The minimum Gasteiger partial charge on any atom is -0.382 e. The van der Waals surface area contributed by atoms with Gasteiger partial charge < -0.3 is 21.3 Å². The van der Waals surface area contributed by atoms with Crippen molar-refractivity contribution in [2.24, 2.45) is 0 Å². The predicted molar refractivity (Wildman–Crippen MR) is 120 cm³/mol. The maximum Gasteiger partial charge on any atom is 0.278 e. The molecule has 0 bridgehead atoms. The second-order valence-electron chi connectivity index (χ2n) is 7.68. The highest BCUT2D eigenvalue weighted by molar-refractivity contribution is 6.05. The highest BCUT2D eigenvalue weighted by Crippen LogP contribution is 2.12. The zero-order chi connectivity index (χ0) is 22.3. The first kappa shape index (κ1) is 21.4. The monoisotopic (exact) mass is 434 g/mol. The molecular weight excluding hydrogens is 408 g/mol. The Bertz CT molecular complexity index is 1090. The van der Waals surface area contributed by atoms with Gasteiger partial charge in [-0.2, -0.15) is 5.10 Å². The predicted octanol–water partition coefficient (Wildman–Crippen LogP) is 1.38. The Morgan fingerprint density at radius 3 is 2.72 bits per heavy atom. The van der Waals surface area contributed by atoms with Crippen molar-refractivity contribution in [1.82, 2.24) is 30.0 Å². The van der Waals surface area contributed by atoms with Gasteiger partial charge in [0.05, 0.1) is 18.4 Å². The maximum atomic E-state index is 12.5. The zero-order valence-electron chi connectivity index (χ0n) is 17.7. The number of nitrogen functional groups attached to an aromatic ring is 1. The molecule has 3 heterocycles. The van der Waals surface area contributed by atoms with Gasteiger partial charge in [-0.05, 0) is 43.6 Å². The lowest BCUT2D eigenvalue weighted by Gasteiger charge is -2.14. The molecule has 0 radical (unpaired) electrons. The van der Waals surface area contributed by atoms with Crippen molar-refractivity contribution in [3.8, 4) is 0 Å². The quantitative estimate of drug-likeness (QED) is 0.488. The van der Waals surface area contributed by atoms with Gasteiger partial charge >= 0.3 is 0 Å². The van der Waals surface area contributed by atoms with Crippen LogP contribution in [0.1, 0.15) is 39.3 Å². The minimum absolute atomic E-state index is 0.0590.